The summed E-state index contributed by atoms with van der Waals surface area (Å²) in [6.07, 6.45) is 26.0. The van der Waals surface area contributed by atoms with Crippen molar-refractivity contribution in [2.75, 3.05) is 45.8 Å². The minimum Gasteiger partial charge on any atom is 1.00 e. The summed E-state index contributed by atoms with van der Waals surface area (Å²) in [6.45, 7) is 28.3. The van der Waals surface area contributed by atoms with Gasteiger partial charge in [0.25, 0.3) is 0 Å². The third kappa shape index (κ3) is 18.9. The van der Waals surface area contributed by atoms with Gasteiger partial charge in [-0.1, -0.05) is 124 Å². The number of piperidine rings is 2. The van der Waals surface area contributed by atoms with Gasteiger partial charge in [-0.25, -0.2) is 0 Å². The van der Waals surface area contributed by atoms with Crippen LogP contribution in [0.15, 0.2) is 83.0 Å². The molecule has 17 nitrogen and oxygen atoms in total. The van der Waals surface area contributed by atoms with Gasteiger partial charge in [-0.05, 0) is 193 Å². The molecule has 2 aromatic carbocycles. The molecule has 4 heterocycles. The van der Waals surface area contributed by atoms with Crippen molar-refractivity contribution in [3.05, 3.63) is 94.1 Å². The molecule has 101 heavy (non-hydrogen) atoms. The first-order chi connectivity index (χ1) is 47.4. The molecular weight excluding hydrogens is 1280 g/mol. The molecule has 14 rings (SSSR count). The van der Waals surface area contributed by atoms with Gasteiger partial charge in [0.1, 0.15) is 17.9 Å². The fourth-order valence-electron chi connectivity index (χ4n) is 22.2. The minimum atomic E-state index is -0.562. The van der Waals surface area contributed by atoms with E-state index < -0.39 is 11.9 Å². The summed E-state index contributed by atoms with van der Waals surface area (Å²) in [5.41, 5.74) is 9.12. The van der Waals surface area contributed by atoms with Crippen LogP contribution in [0.1, 0.15) is 225 Å². The molecule has 12 aliphatic rings. The number of hydrogen-bond acceptors (Lipinski definition) is 16. The van der Waals surface area contributed by atoms with Crippen LogP contribution in [0.25, 0.3) is 0 Å². The molecule has 0 aromatic heterocycles. The van der Waals surface area contributed by atoms with Crippen LogP contribution in [0.2, 0.25) is 0 Å². The first-order valence-electron chi connectivity index (χ1n) is 37.8. The summed E-state index contributed by atoms with van der Waals surface area (Å²) in [5.74, 6) is 8.55. The Kier molecular flexibility index (Phi) is 31.0. The van der Waals surface area contributed by atoms with E-state index in [0.29, 0.717) is 88.4 Å². The van der Waals surface area contributed by atoms with E-state index in [0.717, 1.165) is 137 Å². The second kappa shape index (κ2) is 37.3. The molecule has 4 saturated heterocycles. The Hall–Kier alpha value is -4.34. The summed E-state index contributed by atoms with van der Waals surface area (Å²) in [5, 5.41) is 10.0. The number of carbonyl (C=O) groups is 7. The molecule has 0 amide bonds. The Bertz CT molecular complexity index is 3230. The van der Waals surface area contributed by atoms with E-state index in [-0.39, 0.29) is 70.9 Å². The Morgan fingerprint density at radius 1 is 0.663 bits per heavy atom. The van der Waals surface area contributed by atoms with Crippen LogP contribution >= 0.6 is 0 Å². The summed E-state index contributed by atoms with van der Waals surface area (Å²) in [6, 6.07) is 19.6. The molecule has 2 aromatic rings. The molecule has 19 heteroatoms. The number of ether oxygens (including phenoxy) is 3. The third-order valence-corrected chi connectivity index (χ3v) is 27.0. The van der Waals surface area contributed by atoms with Crippen molar-refractivity contribution in [2.45, 2.75) is 240 Å². The van der Waals surface area contributed by atoms with Gasteiger partial charge in [0, 0.05) is 94.2 Å². The number of carbonyl (C=O) groups excluding carboxylic acids is 8. The molecule has 0 unspecified atom stereocenters. The SMILES string of the molecule is CC(=O)OC(C)=O.CC1=C2C[C@H]3[C@@H](CC[C@@H]4CC(=O)CC[C@@]43C)[C@@H]2CC[C@@]2(C1)O[C@@H]1C[C@H](C)CN(CCNCC(=O)c3ccccc3)[C@H]1[C@H]2C.CC1=C2C[C@H]3[C@@H](CC[C@@H]4CC(=O)CC[C@@]43C)[C@@H]2CC[C@@]2(C1)O[C@@H]1C[C@H](C)CN[C@H]1[C@H]2C.C[C-]=O.O.O=CCNCC(=O)c1ccccc1.[B]=O.[Na+]. The largest absolute Gasteiger partial charge is 1.00 e. The molecule has 2 spiro atoms. The maximum absolute atomic E-state index is 12.6. The monoisotopic (exact) mass is 1400 g/mol. The van der Waals surface area contributed by atoms with Crippen LogP contribution in [0.4, 0.5) is 0 Å². The Morgan fingerprint density at radius 3 is 1.58 bits per heavy atom. The Balaban J connectivity index is 0.000000214. The smallest absolute Gasteiger partial charge is 1.00 e. The number of fused-ring (bicyclic) bond motifs is 12. The summed E-state index contributed by atoms with van der Waals surface area (Å²) >= 11 is 0. The van der Waals surface area contributed by atoms with Crippen molar-refractivity contribution in [3.8, 4) is 0 Å². The summed E-state index contributed by atoms with van der Waals surface area (Å²) in [4.78, 5) is 89.4. The first kappa shape index (κ1) is 83.9. The van der Waals surface area contributed by atoms with Gasteiger partial charge < -0.3 is 45.2 Å². The van der Waals surface area contributed by atoms with Crippen LogP contribution in [-0.2, 0) is 47.7 Å². The van der Waals surface area contributed by atoms with Crippen molar-refractivity contribution >= 4 is 55.4 Å². The van der Waals surface area contributed by atoms with Crippen molar-refractivity contribution in [2.24, 2.45) is 81.8 Å². The average Bonchev–Trinajstić information content (AvgIpc) is 1.59. The fourth-order valence-corrected chi connectivity index (χ4v) is 22.2. The van der Waals surface area contributed by atoms with Crippen LogP contribution in [0.3, 0.4) is 0 Å². The molecule has 8 aliphatic carbocycles. The van der Waals surface area contributed by atoms with E-state index in [9.17, 15) is 33.6 Å². The Morgan fingerprint density at radius 2 is 1.12 bits per heavy atom. The van der Waals surface area contributed by atoms with Gasteiger partial charge in [0.2, 0.25) is 0 Å². The van der Waals surface area contributed by atoms with E-state index in [1.807, 2.05) is 54.1 Å². The van der Waals surface area contributed by atoms with Crippen LogP contribution in [0.5, 0.6) is 0 Å². The van der Waals surface area contributed by atoms with E-state index >= 15 is 0 Å². The fraction of sp³-hybridized carbons (Fsp3) is 0.707. The predicted octanol–water partition coefficient (Wildman–Crippen LogP) is 9.09. The number of Topliss-reactive ketones (excluding diaryl/α,β-unsaturated/α-hetero) is 4. The summed E-state index contributed by atoms with van der Waals surface area (Å²) < 4.78 is 26.0. The third-order valence-electron chi connectivity index (χ3n) is 27.0. The first-order valence-corrected chi connectivity index (χ1v) is 37.8. The number of aldehydes is 1. The quantitative estimate of drug-likeness (QED) is 0.0277. The second-order valence-electron chi connectivity index (χ2n) is 32.7. The van der Waals surface area contributed by atoms with Crippen molar-refractivity contribution in [1.82, 2.24) is 20.9 Å². The van der Waals surface area contributed by atoms with E-state index in [2.05, 4.69) is 88.7 Å². The van der Waals surface area contributed by atoms with E-state index in [4.69, 9.17) is 19.0 Å². The second-order valence-corrected chi connectivity index (χ2v) is 32.7. The van der Waals surface area contributed by atoms with Gasteiger partial charge in [0.15, 0.2) is 11.6 Å². The number of nitrogens with one attached hydrogen (secondary N) is 3. The number of nitrogens with zero attached hydrogens (tertiary/aromatic N) is 1. The maximum atomic E-state index is 12.6. The van der Waals surface area contributed by atoms with Gasteiger partial charge >= 0.3 is 53.9 Å². The van der Waals surface area contributed by atoms with Crippen LogP contribution in [0, 0.1) is 81.8 Å². The van der Waals surface area contributed by atoms with Crippen molar-refractivity contribution < 1.29 is 92.3 Å². The number of esters is 2. The normalized spacial score (nSPS) is 36.8. The molecule has 549 valence electrons. The van der Waals surface area contributed by atoms with E-state index in [1.165, 1.54) is 97.7 Å². The zero-order valence-corrected chi connectivity index (χ0v) is 65.1. The number of likely N-dealkylation sites (tertiary alicyclic amines) is 1. The van der Waals surface area contributed by atoms with Crippen molar-refractivity contribution in [1.29, 1.82) is 0 Å². The molecule has 10 fully saturated rings. The molecule has 1 radical (unpaired) electrons. The van der Waals surface area contributed by atoms with Crippen LogP contribution < -0.4 is 45.5 Å². The molecule has 4 aliphatic heterocycles. The number of benzene rings is 2. The topological polar surface area (TPSA) is 252 Å². The Labute approximate surface area is 626 Å². The number of rotatable bonds is 11. The molecular formula is C82H119BN4NaO13. The summed E-state index contributed by atoms with van der Waals surface area (Å²) in [7, 11) is 3.25. The molecule has 5 N–H and O–H groups in total. The van der Waals surface area contributed by atoms with Gasteiger partial charge in [-0.15, -0.1) is 0 Å². The number of ketones is 4. The van der Waals surface area contributed by atoms with Crippen molar-refractivity contribution in [3.63, 3.8) is 0 Å². The molecule has 20 atom stereocenters. The number of hydrogen-bond donors (Lipinski definition) is 3. The van der Waals surface area contributed by atoms with Gasteiger partial charge in [0.05, 0.1) is 43.0 Å². The molecule has 0 bridgehead atoms. The number of allylic oxidation sites excluding steroid dienone is 2. The zero-order valence-electron chi connectivity index (χ0n) is 63.1. The standard InChI is InChI=1S/C38H54N2O3.C28H43NO2.C10H11NO2.C4H6O3.C2H3O.BO.Na.H2O/c1-24-18-35-36(40(23-24)17-16-39-22-34(42)27-8-6-5-7-9-27)26(3)38(43-35)15-13-30-31-11-10-28-19-29(41)12-14-37(28,4)33(31)20-32(30)25(2)21-38;1-16-11-25-26(29-15-16)18(3)28(31-25)10-8-21-22-6-5-19-12-20(30)7-9-27(19,4)24(22)13-23(21)17(2)14-28;12-7-6-11-8-10(13)9-4-2-1-3-5-9;1-3(5)7-4(2)6;1-2-3;1-2;;/h5-9,24,26,28,30-31,33,35-36,39H,10-23H2,1-4H3;16,18-19,21-22,24-26,29H,5-15H2,1-4H3;1-5,7,11H,6,8H2;1-2H3;1H3;;;1H2/q;;;;-1;;+1;/t24-,26+,28+,30-,31-,33-,35+,36-,37-,38-;16-,18+,19+,21-,22-,24-,25+,26-,27-,28-;;;;;;/m00....../s1. The predicted molar refractivity (Wildman–Crippen MR) is 388 cm³/mol. The maximum Gasteiger partial charge on any atom is 1.00 e. The minimum absolute atomic E-state index is 0. The molecule has 6 saturated carbocycles. The average molecular weight is 1400 g/mol. The zero-order chi connectivity index (χ0) is 71.6. The van der Waals surface area contributed by atoms with Gasteiger partial charge in [-0.3, -0.25) is 40.0 Å². The van der Waals surface area contributed by atoms with Gasteiger partial charge in [-0.2, -0.15) is 6.92 Å². The van der Waals surface area contributed by atoms with Crippen LogP contribution in [-0.4, -0.2) is 147 Å². The van der Waals surface area contributed by atoms with E-state index in [1.54, 1.807) is 28.9 Å².